The Morgan fingerprint density at radius 3 is 2.77 bits per heavy atom. The molecule has 1 N–H and O–H groups in total. The molecular formula is C18H14ClN5O4S2. The van der Waals surface area contributed by atoms with E-state index in [1.807, 2.05) is 6.07 Å². The van der Waals surface area contributed by atoms with Crippen LogP contribution >= 0.6 is 23.1 Å². The number of nitriles is 1. The molecule has 9 nitrogen and oxygen atoms in total. The van der Waals surface area contributed by atoms with Gasteiger partial charge in [-0.15, -0.1) is 0 Å². The second-order valence-electron chi connectivity index (χ2n) is 5.90. The standard InChI is InChI=1S/C18H14ClN5O4S2/c1-28-15-6-5-13(9-14(15)19)24-7-3-4-12(24)8-11(10-20)16(25)21-17-22-18(23-29-17)30(2,26)27/h3-9H,1-2H3,(H,21,22,23,25). The van der Waals surface area contributed by atoms with Crippen molar-refractivity contribution in [1.82, 2.24) is 13.9 Å². The fraction of sp³-hybridized carbons (Fsp3) is 0.111. The average molecular weight is 464 g/mol. The van der Waals surface area contributed by atoms with Gasteiger partial charge in [0, 0.05) is 35.4 Å². The topological polar surface area (TPSA) is 127 Å². The van der Waals surface area contributed by atoms with Gasteiger partial charge in [0.15, 0.2) is 0 Å². The Balaban J connectivity index is 1.88. The molecule has 3 aromatic rings. The Bertz CT molecular complexity index is 1290. The number of ether oxygens (including phenoxy) is 1. The van der Waals surface area contributed by atoms with Gasteiger partial charge >= 0.3 is 0 Å². The van der Waals surface area contributed by atoms with E-state index < -0.39 is 20.9 Å². The number of benzene rings is 1. The first-order valence-corrected chi connectivity index (χ1v) is 11.3. The van der Waals surface area contributed by atoms with E-state index in [0.29, 0.717) is 33.7 Å². The number of aromatic nitrogens is 3. The third-order valence-electron chi connectivity index (χ3n) is 3.81. The summed E-state index contributed by atoms with van der Waals surface area (Å²) in [5, 5.41) is 11.8. The number of rotatable bonds is 6. The number of nitrogens with zero attached hydrogens (tertiary/aromatic N) is 4. The highest BCUT2D eigenvalue weighted by molar-refractivity contribution is 7.90. The number of hydrogen-bond donors (Lipinski definition) is 1. The van der Waals surface area contributed by atoms with Crippen LogP contribution in [-0.4, -0.2) is 41.6 Å². The molecule has 0 aliphatic heterocycles. The molecule has 0 atom stereocenters. The van der Waals surface area contributed by atoms with Crippen LogP contribution in [0, 0.1) is 11.3 Å². The number of methoxy groups -OCH3 is 1. The second kappa shape index (κ2) is 8.66. The maximum Gasteiger partial charge on any atom is 0.268 e. The van der Waals surface area contributed by atoms with Crippen molar-refractivity contribution in [2.45, 2.75) is 5.16 Å². The molecule has 3 rings (SSSR count). The number of nitrogens with one attached hydrogen (secondary N) is 1. The molecule has 0 saturated carbocycles. The van der Waals surface area contributed by atoms with Crippen LogP contribution in [-0.2, 0) is 14.6 Å². The van der Waals surface area contributed by atoms with Gasteiger partial charge in [0.25, 0.3) is 11.1 Å². The Labute approximate surface area is 181 Å². The van der Waals surface area contributed by atoms with Gasteiger partial charge in [0.05, 0.1) is 12.1 Å². The molecule has 0 radical (unpaired) electrons. The zero-order chi connectivity index (χ0) is 21.9. The van der Waals surface area contributed by atoms with Crippen LogP contribution < -0.4 is 10.1 Å². The highest BCUT2D eigenvalue weighted by atomic mass is 35.5. The van der Waals surface area contributed by atoms with E-state index in [0.717, 1.165) is 6.26 Å². The predicted octanol–water partition coefficient (Wildman–Crippen LogP) is 2.94. The number of amides is 1. The summed E-state index contributed by atoms with van der Waals surface area (Å²) in [6.07, 6.45) is 4.10. The predicted molar refractivity (Wildman–Crippen MR) is 113 cm³/mol. The van der Waals surface area contributed by atoms with E-state index in [2.05, 4.69) is 14.7 Å². The van der Waals surface area contributed by atoms with Crippen LogP contribution in [0.15, 0.2) is 47.3 Å². The van der Waals surface area contributed by atoms with Crippen LogP contribution in [0.3, 0.4) is 0 Å². The molecule has 0 saturated heterocycles. The lowest BCUT2D eigenvalue weighted by atomic mass is 10.2. The van der Waals surface area contributed by atoms with E-state index in [1.165, 1.54) is 13.2 Å². The van der Waals surface area contributed by atoms with Crippen molar-refractivity contribution >= 4 is 50.1 Å². The van der Waals surface area contributed by atoms with Gasteiger partial charge in [-0.05, 0) is 36.4 Å². The van der Waals surface area contributed by atoms with Crippen LogP contribution in [0.25, 0.3) is 11.8 Å². The van der Waals surface area contributed by atoms with Crippen molar-refractivity contribution in [1.29, 1.82) is 5.26 Å². The number of halogens is 1. The third-order valence-corrected chi connectivity index (χ3v) is 5.70. The van der Waals surface area contributed by atoms with Crippen molar-refractivity contribution in [3.63, 3.8) is 0 Å². The number of carbonyl (C=O) groups excluding carboxylic acids is 1. The van der Waals surface area contributed by atoms with Gasteiger partial charge in [-0.25, -0.2) is 8.42 Å². The Kier molecular flexibility index (Phi) is 6.21. The van der Waals surface area contributed by atoms with Crippen LogP contribution in [0.2, 0.25) is 5.02 Å². The van der Waals surface area contributed by atoms with Crippen molar-refractivity contribution in [2.75, 3.05) is 18.7 Å². The summed E-state index contributed by atoms with van der Waals surface area (Å²) in [4.78, 5) is 16.2. The summed E-state index contributed by atoms with van der Waals surface area (Å²) in [6, 6.07) is 10.5. The normalized spacial score (nSPS) is 11.7. The molecular weight excluding hydrogens is 450 g/mol. The van der Waals surface area contributed by atoms with Crippen LogP contribution in [0.5, 0.6) is 5.75 Å². The largest absolute Gasteiger partial charge is 0.495 e. The molecule has 1 aromatic carbocycles. The molecule has 2 heterocycles. The lowest BCUT2D eigenvalue weighted by Crippen LogP contribution is -2.13. The van der Waals surface area contributed by atoms with E-state index >= 15 is 0 Å². The monoisotopic (exact) mass is 463 g/mol. The van der Waals surface area contributed by atoms with Gasteiger partial charge in [0.2, 0.25) is 15.0 Å². The first kappa shape index (κ1) is 21.5. The number of anilines is 1. The second-order valence-corrected chi connectivity index (χ2v) is 8.97. The summed E-state index contributed by atoms with van der Waals surface area (Å²) in [7, 11) is -2.08. The third kappa shape index (κ3) is 4.68. The summed E-state index contributed by atoms with van der Waals surface area (Å²) in [5.41, 5.74) is 1.05. The maximum atomic E-state index is 12.5. The number of carbonyl (C=O) groups is 1. The fourth-order valence-electron chi connectivity index (χ4n) is 2.42. The number of hydrogen-bond acceptors (Lipinski definition) is 8. The smallest absolute Gasteiger partial charge is 0.268 e. The van der Waals surface area contributed by atoms with E-state index in [4.69, 9.17) is 16.3 Å². The minimum Gasteiger partial charge on any atom is -0.495 e. The molecule has 30 heavy (non-hydrogen) atoms. The zero-order valence-corrected chi connectivity index (χ0v) is 18.0. The van der Waals surface area contributed by atoms with Gasteiger partial charge in [0.1, 0.15) is 17.4 Å². The maximum absolute atomic E-state index is 12.5. The number of sulfone groups is 1. The van der Waals surface area contributed by atoms with E-state index in [9.17, 15) is 18.5 Å². The summed E-state index contributed by atoms with van der Waals surface area (Å²) >= 11 is 6.89. The molecule has 0 aliphatic rings. The molecule has 0 unspecified atom stereocenters. The molecule has 0 fully saturated rings. The minimum absolute atomic E-state index is 0.0288. The molecule has 0 bridgehead atoms. The van der Waals surface area contributed by atoms with Gasteiger partial charge < -0.3 is 9.30 Å². The van der Waals surface area contributed by atoms with Crippen LogP contribution in [0.1, 0.15) is 5.69 Å². The first-order chi connectivity index (χ1) is 14.2. The van der Waals surface area contributed by atoms with E-state index in [1.54, 1.807) is 41.1 Å². The van der Waals surface area contributed by atoms with Crippen molar-refractivity contribution in [3.8, 4) is 17.5 Å². The molecule has 1 amide bonds. The first-order valence-electron chi connectivity index (χ1n) is 8.21. The van der Waals surface area contributed by atoms with Crippen molar-refractivity contribution < 1.29 is 17.9 Å². The molecule has 12 heteroatoms. The quantitative estimate of drug-likeness (QED) is 0.439. The minimum atomic E-state index is -3.60. The Hall–Kier alpha value is -3.20. The Morgan fingerprint density at radius 1 is 1.40 bits per heavy atom. The van der Waals surface area contributed by atoms with Crippen molar-refractivity contribution in [2.24, 2.45) is 0 Å². The molecule has 0 aliphatic carbocycles. The van der Waals surface area contributed by atoms with Gasteiger partial charge in [-0.1, -0.05) is 11.6 Å². The van der Waals surface area contributed by atoms with Crippen LogP contribution in [0.4, 0.5) is 5.13 Å². The van der Waals surface area contributed by atoms with Gasteiger partial charge in [-0.3, -0.25) is 10.1 Å². The Morgan fingerprint density at radius 2 is 2.17 bits per heavy atom. The zero-order valence-electron chi connectivity index (χ0n) is 15.7. The summed E-state index contributed by atoms with van der Waals surface area (Å²) in [6.45, 7) is 0. The lowest BCUT2D eigenvalue weighted by molar-refractivity contribution is -0.112. The van der Waals surface area contributed by atoms with E-state index in [-0.39, 0.29) is 10.7 Å². The van der Waals surface area contributed by atoms with Crippen molar-refractivity contribution in [3.05, 3.63) is 52.8 Å². The summed E-state index contributed by atoms with van der Waals surface area (Å²) in [5.74, 6) is -0.221. The molecule has 0 spiro atoms. The fourth-order valence-corrected chi connectivity index (χ4v) is 4.12. The highest BCUT2D eigenvalue weighted by Crippen LogP contribution is 2.28. The average Bonchev–Trinajstić information content (AvgIpc) is 3.35. The lowest BCUT2D eigenvalue weighted by Gasteiger charge is -2.10. The summed E-state index contributed by atoms with van der Waals surface area (Å²) < 4.78 is 33.5. The SMILES string of the molecule is COc1ccc(-n2cccc2C=C(C#N)C(=O)Nc2nc(S(C)(=O)=O)ns2)cc1Cl. The molecule has 154 valence electrons. The highest BCUT2D eigenvalue weighted by Gasteiger charge is 2.18. The van der Waals surface area contributed by atoms with Gasteiger partial charge in [-0.2, -0.15) is 14.6 Å². The molecule has 2 aromatic heterocycles.